The van der Waals surface area contributed by atoms with Crippen molar-refractivity contribution in [1.29, 1.82) is 0 Å². The number of unbranched alkanes of at least 4 members (excludes halogenated alkanes) is 1. The highest BCUT2D eigenvalue weighted by Gasteiger charge is 2.57. The second-order valence-electron chi connectivity index (χ2n) is 8.93. The van der Waals surface area contributed by atoms with Crippen molar-refractivity contribution in [3.63, 3.8) is 0 Å². The second kappa shape index (κ2) is 9.06. The Labute approximate surface area is 187 Å². The predicted molar refractivity (Wildman–Crippen MR) is 122 cm³/mol. The Morgan fingerprint density at radius 1 is 1.24 bits per heavy atom. The zero-order valence-electron chi connectivity index (χ0n) is 17.0. The van der Waals surface area contributed by atoms with Crippen LogP contribution in [-0.2, 0) is 14.8 Å². The van der Waals surface area contributed by atoms with E-state index >= 15 is 0 Å². The van der Waals surface area contributed by atoms with E-state index < -0.39 is 16.0 Å². The molecule has 0 spiro atoms. The van der Waals surface area contributed by atoms with Crippen molar-refractivity contribution in [3.8, 4) is 0 Å². The molecule has 0 amide bonds. The van der Waals surface area contributed by atoms with Gasteiger partial charge in [-0.3, -0.25) is 4.79 Å². The van der Waals surface area contributed by atoms with E-state index in [1.807, 2.05) is 18.2 Å². The number of aliphatic carboxylic acids is 1. The van der Waals surface area contributed by atoms with Crippen LogP contribution in [0.4, 0.5) is 0 Å². The highest BCUT2D eigenvalue weighted by molar-refractivity contribution is 14.1. The summed E-state index contributed by atoms with van der Waals surface area (Å²) in [6.45, 7) is 4.61. The summed E-state index contributed by atoms with van der Waals surface area (Å²) in [4.78, 5) is 10.9. The van der Waals surface area contributed by atoms with E-state index in [4.69, 9.17) is 5.11 Å². The first-order chi connectivity index (χ1) is 13.6. The number of benzene rings is 1. The van der Waals surface area contributed by atoms with Gasteiger partial charge in [-0.1, -0.05) is 26.0 Å². The van der Waals surface area contributed by atoms with Gasteiger partial charge in [0.05, 0.1) is 4.90 Å². The van der Waals surface area contributed by atoms with Crippen LogP contribution in [0.5, 0.6) is 0 Å². The fraction of sp³-hybridized carbons (Fsp3) is 0.591. The van der Waals surface area contributed by atoms with Crippen molar-refractivity contribution in [2.45, 2.75) is 63.3 Å². The van der Waals surface area contributed by atoms with Crippen LogP contribution in [0.15, 0.2) is 41.3 Å². The van der Waals surface area contributed by atoms with Crippen LogP contribution in [-0.4, -0.2) is 25.5 Å². The second-order valence-corrected chi connectivity index (χ2v) is 11.9. The zero-order valence-corrected chi connectivity index (χ0v) is 19.9. The Balaban J connectivity index is 1.68. The fourth-order valence-corrected chi connectivity index (χ4v) is 6.69. The lowest BCUT2D eigenvalue weighted by molar-refractivity contribution is -0.137. The van der Waals surface area contributed by atoms with Gasteiger partial charge in [-0.2, -0.15) is 0 Å². The first kappa shape index (κ1) is 22.7. The molecule has 1 aromatic carbocycles. The van der Waals surface area contributed by atoms with Gasteiger partial charge in [0.15, 0.2) is 0 Å². The van der Waals surface area contributed by atoms with E-state index in [0.717, 1.165) is 22.8 Å². The molecular formula is C22H30INO4S. The lowest BCUT2D eigenvalue weighted by Crippen LogP contribution is -2.61. The molecule has 0 saturated heterocycles. The van der Waals surface area contributed by atoms with E-state index in [1.165, 1.54) is 6.42 Å². The Morgan fingerprint density at radius 2 is 1.93 bits per heavy atom. The molecule has 4 rings (SSSR count). The van der Waals surface area contributed by atoms with Gasteiger partial charge in [0, 0.05) is 16.0 Å². The Hall–Kier alpha value is -0.930. The summed E-state index contributed by atoms with van der Waals surface area (Å²) in [7, 11) is -3.54. The maximum Gasteiger partial charge on any atom is 0.303 e. The molecule has 2 bridgehead atoms. The van der Waals surface area contributed by atoms with E-state index in [-0.39, 0.29) is 23.8 Å². The molecule has 2 N–H and O–H groups in total. The number of carboxylic acids is 1. The molecule has 1 aromatic rings. The number of fused-ring (bicyclic) bond motifs is 2. The molecule has 0 aliphatic heterocycles. The van der Waals surface area contributed by atoms with Gasteiger partial charge in [-0.15, -0.1) is 0 Å². The normalized spacial score (nSPS) is 28.2. The molecule has 160 valence electrons. The molecule has 4 atom stereocenters. The summed E-state index contributed by atoms with van der Waals surface area (Å²) < 4.78 is 29.9. The van der Waals surface area contributed by atoms with Gasteiger partial charge in [-0.25, -0.2) is 13.1 Å². The number of allylic oxidation sites excluding steroid dienone is 2. The Morgan fingerprint density at radius 3 is 2.55 bits per heavy atom. The summed E-state index contributed by atoms with van der Waals surface area (Å²) in [5, 5.41) is 8.73. The van der Waals surface area contributed by atoms with Crippen LogP contribution < -0.4 is 4.72 Å². The minimum Gasteiger partial charge on any atom is -0.481 e. The minimum atomic E-state index is -3.54. The summed E-state index contributed by atoms with van der Waals surface area (Å²) in [6, 6.07) is 6.89. The molecule has 5 nitrogen and oxygen atoms in total. The molecule has 0 unspecified atom stereocenters. The average molecular weight is 529 g/mol. The van der Waals surface area contributed by atoms with Crippen LogP contribution in [0, 0.1) is 26.7 Å². The third kappa shape index (κ3) is 5.22. The van der Waals surface area contributed by atoms with E-state index in [1.54, 1.807) is 12.1 Å². The molecule has 3 saturated carbocycles. The maximum absolute atomic E-state index is 12.9. The summed E-state index contributed by atoms with van der Waals surface area (Å²) >= 11 is 2.17. The number of nitrogens with one attached hydrogen (secondary N) is 1. The predicted octanol–water partition coefficient (Wildman–Crippen LogP) is 4.82. The van der Waals surface area contributed by atoms with Gasteiger partial charge < -0.3 is 5.11 Å². The number of sulfonamides is 1. The molecule has 0 radical (unpaired) electrons. The van der Waals surface area contributed by atoms with Crippen LogP contribution >= 0.6 is 22.6 Å². The minimum absolute atomic E-state index is 0.0558. The van der Waals surface area contributed by atoms with Gasteiger partial charge in [-0.05, 0) is 102 Å². The van der Waals surface area contributed by atoms with Crippen molar-refractivity contribution in [2.75, 3.05) is 0 Å². The Kier molecular flexibility index (Phi) is 7.10. The fourth-order valence-electron chi connectivity index (χ4n) is 5.03. The van der Waals surface area contributed by atoms with Gasteiger partial charge in [0.1, 0.15) is 0 Å². The topological polar surface area (TPSA) is 83.5 Å². The number of hydrogen-bond acceptors (Lipinski definition) is 3. The molecular weight excluding hydrogens is 499 g/mol. The first-order valence-electron chi connectivity index (χ1n) is 10.3. The maximum atomic E-state index is 12.9. The SMILES string of the molecule is CC1(C)[C@@H]2C[C@H](NS(=O)(=O)c3ccc([125I])cc3)[C@@H](C/C=C\CCCC(=O)O)[C@H]1C2. The summed E-state index contributed by atoms with van der Waals surface area (Å²) in [5.74, 6) is 0.574. The number of halogens is 1. The summed E-state index contributed by atoms with van der Waals surface area (Å²) in [5.41, 5.74) is 0.257. The standard InChI is InChI=1S/C22H30INO4S/c1-22(2)15-13-19(22)18(7-5-3-4-6-8-21(25)26)20(14-15)24-29(27,28)17-11-9-16(23)10-12-17/h3,5,9-12,15,18-20,24H,4,6-8,13-14H2,1-2H3,(H,25,26)/b5-3-/t15-,18-,19+,20-/m0/s1/i23-2. The molecule has 3 aliphatic carbocycles. The Bertz CT molecular complexity index is 863. The van der Waals surface area contributed by atoms with Crippen LogP contribution in [0.1, 0.15) is 52.4 Å². The highest BCUT2D eigenvalue weighted by atomic mass is 125. The van der Waals surface area contributed by atoms with Crippen molar-refractivity contribution < 1.29 is 18.3 Å². The van der Waals surface area contributed by atoms with Crippen LogP contribution in [0.3, 0.4) is 0 Å². The lowest BCUT2D eigenvalue weighted by Gasteiger charge is -2.62. The van der Waals surface area contributed by atoms with Crippen molar-refractivity contribution in [3.05, 3.63) is 40.0 Å². The molecule has 3 fully saturated rings. The van der Waals surface area contributed by atoms with Gasteiger partial charge in [0.25, 0.3) is 0 Å². The van der Waals surface area contributed by atoms with Crippen LogP contribution in [0.2, 0.25) is 0 Å². The van der Waals surface area contributed by atoms with E-state index in [0.29, 0.717) is 23.2 Å². The largest absolute Gasteiger partial charge is 0.481 e. The lowest BCUT2D eigenvalue weighted by atomic mass is 9.44. The molecule has 0 aromatic heterocycles. The zero-order chi connectivity index (χ0) is 21.2. The average Bonchev–Trinajstić information content (AvgIpc) is 2.64. The molecule has 3 aliphatic rings. The molecule has 29 heavy (non-hydrogen) atoms. The van der Waals surface area contributed by atoms with E-state index in [9.17, 15) is 13.2 Å². The van der Waals surface area contributed by atoms with Crippen molar-refractivity contribution in [1.82, 2.24) is 4.72 Å². The number of carboxylic acid groups (broad SMARTS) is 1. The van der Waals surface area contributed by atoms with Crippen LogP contribution in [0.25, 0.3) is 0 Å². The van der Waals surface area contributed by atoms with Gasteiger partial charge in [0.2, 0.25) is 10.0 Å². The number of carbonyl (C=O) groups is 1. The highest BCUT2D eigenvalue weighted by Crippen LogP contribution is 2.62. The third-order valence-electron chi connectivity index (χ3n) is 6.89. The number of hydrogen-bond donors (Lipinski definition) is 2. The van der Waals surface area contributed by atoms with Gasteiger partial charge >= 0.3 is 5.97 Å². The third-order valence-corrected chi connectivity index (χ3v) is 9.11. The number of rotatable bonds is 9. The molecule has 0 heterocycles. The monoisotopic (exact) mass is 529 g/mol. The molecule has 7 heteroatoms. The van der Waals surface area contributed by atoms with Crippen molar-refractivity contribution >= 4 is 38.6 Å². The quantitative estimate of drug-likeness (QED) is 0.273. The van der Waals surface area contributed by atoms with E-state index in [2.05, 4.69) is 47.2 Å². The summed E-state index contributed by atoms with van der Waals surface area (Å²) in [6.07, 6.45) is 8.61. The first-order valence-corrected chi connectivity index (χ1v) is 12.8. The smallest absolute Gasteiger partial charge is 0.303 e. The van der Waals surface area contributed by atoms with Crippen molar-refractivity contribution in [2.24, 2.45) is 23.2 Å².